The maximum absolute atomic E-state index is 5.67. The number of benzene rings is 1. The van der Waals surface area contributed by atoms with Gasteiger partial charge in [-0.15, -0.1) is 16.4 Å². The molecule has 0 radical (unpaired) electrons. The lowest BCUT2D eigenvalue weighted by molar-refractivity contribution is 0.656. The van der Waals surface area contributed by atoms with Gasteiger partial charge in [-0.05, 0) is 29.1 Å². The fourth-order valence-electron chi connectivity index (χ4n) is 1.79. The number of aromatic nitrogens is 3. The number of nitrogens with two attached hydrogens (primary N) is 1. The zero-order valence-electron chi connectivity index (χ0n) is 9.65. The molecule has 0 amide bonds. The van der Waals surface area contributed by atoms with Gasteiger partial charge in [0.15, 0.2) is 0 Å². The molecular weight excluding hydrogens is 244 g/mol. The highest BCUT2D eigenvalue weighted by Gasteiger charge is 2.07. The highest BCUT2D eigenvalue weighted by atomic mass is 32.1. The highest BCUT2D eigenvalue weighted by Crippen LogP contribution is 2.23. The van der Waals surface area contributed by atoms with E-state index >= 15 is 0 Å². The van der Waals surface area contributed by atoms with Crippen LogP contribution in [0.15, 0.2) is 48.0 Å². The minimum atomic E-state index is 0.702. The Hall–Kier alpha value is -2.14. The van der Waals surface area contributed by atoms with Gasteiger partial charge in [-0.1, -0.05) is 23.4 Å². The second-order valence-electron chi connectivity index (χ2n) is 4.00. The van der Waals surface area contributed by atoms with Crippen LogP contribution in [0.4, 0.5) is 5.69 Å². The molecule has 0 spiro atoms. The van der Waals surface area contributed by atoms with Crippen LogP contribution >= 0.6 is 11.3 Å². The van der Waals surface area contributed by atoms with Gasteiger partial charge >= 0.3 is 0 Å². The number of nitrogen functional groups attached to an aromatic ring is 1. The molecule has 3 rings (SSSR count). The minimum Gasteiger partial charge on any atom is -0.399 e. The van der Waals surface area contributed by atoms with Gasteiger partial charge in [0.05, 0.1) is 23.3 Å². The van der Waals surface area contributed by atoms with Crippen LogP contribution in [0.1, 0.15) is 5.56 Å². The SMILES string of the molecule is Nc1ccc(Cn2nncc2-c2cccs2)cc1. The van der Waals surface area contributed by atoms with Crippen LogP contribution in [0, 0.1) is 0 Å². The average Bonchev–Trinajstić information content (AvgIpc) is 3.02. The van der Waals surface area contributed by atoms with Crippen molar-refractivity contribution in [1.82, 2.24) is 15.0 Å². The summed E-state index contributed by atoms with van der Waals surface area (Å²) < 4.78 is 1.90. The Bertz CT molecular complexity index is 625. The van der Waals surface area contributed by atoms with Crippen LogP contribution in [0.2, 0.25) is 0 Å². The molecule has 0 aliphatic carbocycles. The van der Waals surface area contributed by atoms with E-state index in [1.165, 1.54) is 4.88 Å². The van der Waals surface area contributed by atoms with Gasteiger partial charge in [-0.2, -0.15) is 0 Å². The van der Waals surface area contributed by atoms with E-state index in [0.717, 1.165) is 16.9 Å². The summed E-state index contributed by atoms with van der Waals surface area (Å²) in [7, 11) is 0. The van der Waals surface area contributed by atoms with Crippen LogP contribution in [0.25, 0.3) is 10.6 Å². The first-order valence-electron chi connectivity index (χ1n) is 5.60. The number of rotatable bonds is 3. The van der Waals surface area contributed by atoms with Gasteiger partial charge in [-0.3, -0.25) is 0 Å². The Labute approximate surface area is 109 Å². The van der Waals surface area contributed by atoms with Gasteiger partial charge < -0.3 is 5.73 Å². The summed E-state index contributed by atoms with van der Waals surface area (Å²) >= 11 is 1.69. The number of hydrogen-bond acceptors (Lipinski definition) is 4. The van der Waals surface area contributed by atoms with Crippen molar-refractivity contribution < 1.29 is 0 Å². The predicted octanol–water partition coefficient (Wildman–Crippen LogP) is 2.64. The second kappa shape index (κ2) is 4.62. The van der Waals surface area contributed by atoms with Crippen LogP contribution in [-0.4, -0.2) is 15.0 Å². The fourth-order valence-corrected chi connectivity index (χ4v) is 2.53. The van der Waals surface area contributed by atoms with Gasteiger partial charge in [0.25, 0.3) is 0 Å². The predicted molar refractivity (Wildman–Crippen MR) is 73.3 cm³/mol. The molecule has 18 heavy (non-hydrogen) atoms. The Morgan fingerprint density at radius 3 is 2.72 bits per heavy atom. The van der Waals surface area contributed by atoms with E-state index in [4.69, 9.17) is 5.73 Å². The van der Waals surface area contributed by atoms with E-state index in [1.807, 2.05) is 35.0 Å². The highest BCUT2D eigenvalue weighted by molar-refractivity contribution is 7.13. The number of nitrogens with zero attached hydrogens (tertiary/aromatic N) is 3. The molecule has 3 aromatic rings. The topological polar surface area (TPSA) is 56.7 Å². The number of anilines is 1. The molecule has 0 atom stereocenters. The number of hydrogen-bond donors (Lipinski definition) is 1. The molecule has 0 bridgehead atoms. The van der Waals surface area contributed by atoms with E-state index in [0.29, 0.717) is 6.54 Å². The van der Waals surface area contributed by atoms with Crippen molar-refractivity contribution in [3.8, 4) is 10.6 Å². The second-order valence-corrected chi connectivity index (χ2v) is 4.94. The lowest BCUT2D eigenvalue weighted by Crippen LogP contribution is -2.03. The van der Waals surface area contributed by atoms with E-state index < -0.39 is 0 Å². The molecular formula is C13H12N4S. The zero-order valence-corrected chi connectivity index (χ0v) is 10.5. The molecule has 1 aromatic carbocycles. The van der Waals surface area contributed by atoms with Gasteiger partial charge in [0.2, 0.25) is 0 Å². The molecule has 2 N–H and O–H groups in total. The minimum absolute atomic E-state index is 0.702. The molecule has 0 unspecified atom stereocenters. The molecule has 0 fully saturated rings. The maximum Gasteiger partial charge on any atom is 0.0989 e. The molecule has 5 heteroatoms. The smallest absolute Gasteiger partial charge is 0.0989 e. The van der Waals surface area contributed by atoms with Crippen LogP contribution in [0.5, 0.6) is 0 Å². The van der Waals surface area contributed by atoms with Crippen LogP contribution in [0.3, 0.4) is 0 Å². The van der Waals surface area contributed by atoms with E-state index in [9.17, 15) is 0 Å². The van der Waals surface area contributed by atoms with E-state index in [-0.39, 0.29) is 0 Å². The molecule has 0 aliphatic heterocycles. The molecule has 2 aromatic heterocycles. The maximum atomic E-state index is 5.67. The third-order valence-electron chi connectivity index (χ3n) is 2.70. The van der Waals surface area contributed by atoms with Gasteiger partial charge in [-0.25, -0.2) is 4.68 Å². The third kappa shape index (κ3) is 2.12. The Balaban J connectivity index is 1.90. The van der Waals surface area contributed by atoms with Crippen molar-refractivity contribution in [3.05, 3.63) is 53.5 Å². The zero-order chi connectivity index (χ0) is 12.4. The molecule has 0 aliphatic rings. The summed E-state index contributed by atoms with van der Waals surface area (Å²) in [4.78, 5) is 1.18. The molecule has 0 saturated heterocycles. The van der Waals surface area contributed by atoms with E-state index in [1.54, 1.807) is 17.5 Å². The van der Waals surface area contributed by atoms with Crippen molar-refractivity contribution in [3.63, 3.8) is 0 Å². The monoisotopic (exact) mass is 256 g/mol. The summed E-state index contributed by atoms with van der Waals surface area (Å²) in [6.45, 7) is 0.702. The first-order valence-corrected chi connectivity index (χ1v) is 6.48. The van der Waals surface area contributed by atoms with Crippen molar-refractivity contribution in [2.45, 2.75) is 6.54 Å². The molecule has 2 heterocycles. The summed E-state index contributed by atoms with van der Waals surface area (Å²) in [6.07, 6.45) is 1.79. The summed E-state index contributed by atoms with van der Waals surface area (Å²) in [6, 6.07) is 11.9. The summed E-state index contributed by atoms with van der Waals surface area (Å²) in [5.74, 6) is 0. The van der Waals surface area contributed by atoms with Crippen LogP contribution in [-0.2, 0) is 6.54 Å². The summed E-state index contributed by atoms with van der Waals surface area (Å²) in [5, 5.41) is 10.2. The van der Waals surface area contributed by atoms with Crippen molar-refractivity contribution in [1.29, 1.82) is 0 Å². The van der Waals surface area contributed by atoms with Crippen molar-refractivity contribution >= 4 is 17.0 Å². The Morgan fingerprint density at radius 1 is 1.17 bits per heavy atom. The first-order chi connectivity index (χ1) is 8.83. The van der Waals surface area contributed by atoms with Gasteiger partial charge in [0, 0.05) is 5.69 Å². The fraction of sp³-hybridized carbons (Fsp3) is 0.0769. The molecule has 4 nitrogen and oxygen atoms in total. The first kappa shape index (κ1) is 11.0. The normalized spacial score (nSPS) is 10.7. The quantitative estimate of drug-likeness (QED) is 0.733. The standard InChI is InChI=1S/C13H12N4S/c14-11-5-3-10(4-6-11)9-17-12(8-15-16-17)13-2-1-7-18-13/h1-8H,9,14H2. The lowest BCUT2D eigenvalue weighted by Gasteiger charge is -2.05. The largest absolute Gasteiger partial charge is 0.399 e. The van der Waals surface area contributed by atoms with Crippen LogP contribution < -0.4 is 5.73 Å². The average molecular weight is 256 g/mol. The number of thiophene rings is 1. The molecule has 90 valence electrons. The van der Waals surface area contributed by atoms with E-state index in [2.05, 4.69) is 21.8 Å². The van der Waals surface area contributed by atoms with Crippen molar-refractivity contribution in [2.75, 3.05) is 5.73 Å². The lowest BCUT2D eigenvalue weighted by atomic mass is 10.2. The summed E-state index contributed by atoms with van der Waals surface area (Å²) in [5.41, 5.74) is 8.65. The third-order valence-corrected chi connectivity index (χ3v) is 3.60. The van der Waals surface area contributed by atoms with Gasteiger partial charge in [0.1, 0.15) is 0 Å². The Kier molecular flexibility index (Phi) is 2.82. The molecule has 0 saturated carbocycles. The Morgan fingerprint density at radius 2 is 2.00 bits per heavy atom. The van der Waals surface area contributed by atoms with Crippen molar-refractivity contribution in [2.24, 2.45) is 0 Å².